The van der Waals surface area contributed by atoms with Gasteiger partial charge in [-0.25, -0.2) is 8.78 Å². The molecule has 2 N–H and O–H groups in total. The summed E-state index contributed by atoms with van der Waals surface area (Å²) in [4.78, 5) is 42.9. The fourth-order valence-electron chi connectivity index (χ4n) is 3.42. The van der Waals surface area contributed by atoms with Crippen LogP contribution in [0.4, 0.5) is 20.2 Å². The minimum absolute atomic E-state index is 0.00355. The normalized spacial score (nSPS) is 17.9. The molecule has 0 aromatic heterocycles. The minimum Gasteiger partial charge on any atom is -0.351 e. The van der Waals surface area contributed by atoms with E-state index < -0.39 is 22.8 Å². The molecular formula is C22H20F2N4O3S. The fraction of sp³-hybridized carbons (Fsp3) is 0.273. The molecule has 1 saturated heterocycles. The SMILES string of the molecule is O=C(CC1SC(N2CCCC2)=NC1=O)Nc1ccc(C(=O)Nc2ccc(F)cc2F)cc1. The van der Waals surface area contributed by atoms with Crippen LogP contribution in [0.2, 0.25) is 0 Å². The number of likely N-dealkylation sites (tertiary alicyclic amines) is 1. The number of amidine groups is 1. The number of nitrogens with zero attached hydrogens (tertiary/aromatic N) is 2. The summed E-state index contributed by atoms with van der Waals surface area (Å²) in [5, 5.41) is 5.22. The van der Waals surface area contributed by atoms with Gasteiger partial charge in [0.25, 0.3) is 11.8 Å². The van der Waals surface area contributed by atoms with E-state index >= 15 is 0 Å². The Labute approximate surface area is 187 Å². The number of aliphatic imine (C=N–C) groups is 1. The van der Waals surface area contributed by atoms with Gasteiger partial charge in [-0.2, -0.15) is 4.99 Å². The summed E-state index contributed by atoms with van der Waals surface area (Å²) < 4.78 is 26.7. The van der Waals surface area contributed by atoms with E-state index in [0.29, 0.717) is 16.9 Å². The molecule has 1 fully saturated rings. The number of halogens is 2. The zero-order chi connectivity index (χ0) is 22.7. The van der Waals surface area contributed by atoms with Gasteiger partial charge in [-0.1, -0.05) is 11.8 Å². The smallest absolute Gasteiger partial charge is 0.262 e. The maximum absolute atomic E-state index is 13.7. The highest BCUT2D eigenvalue weighted by atomic mass is 32.2. The number of amides is 3. The summed E-state index contributed by atoms with van der Waals surface area (Å²) in [6.45, 7) is 1.76. The van der Waals surface area contributed by atoms with Crippen LogP contribution >= 0.6 is 11.8 Å². The molecule has 2 heterocycles. The van der Waals surface area contributed by atoms with Crippen LogP contribution in [0.15, 0.2) is 47.5 Å². The van der Waals surface area contributed by atoms with Crippen molar-refractivity contribution >= 4 is 46.0 Å². The number of hydrogen-bond donors (Lipinski definition) is 2. The molecule has 0 saturated carbocycles. The van der Waals surface area contributed by atoms with Gasteiger partial charge in [-0.05, 0) is 49.2 Å². The van der Waals surface area contributed by atoms with E-state index in [1.165, 1.54) is 36.0 Å². The molecule has 2 aromatic carbocycles. The molecule has 2 aliphatic rings. The predicted molar refractivity (Wildman–Crippen MR) is 119 cm³/mol. The predicted octanol–water partition coefficient (Wildman–Crippen LogP) is 3.64. The van der Waals surface area contributed by atoms with Gasteiger partial charge in [0.15, 0.2) is 5.17 Å². The van der Waals surface area contributed by atoms with Crippen LogP contribution in [0.1, 0.15) is 29.6 Å². The monoisotopic (exact) mass is 458 g/mol. The van der Waals surface area contributed by atoms with Crippen molar-refractivity contribution < 1.29 is 23.2 Å². The van der Waals surface area contributed by atoms with Crippen LogP contribution in [0, 0.1) is 11.6 Å². The second-order valence-corrected chi connectivity index (χ2v) is 8.61. The third-order valence-electron chi connectivity index (χ3n) is 5.09. The zero-order valence-electron chi connectivity index (χ0n) is 16.9. The maximum atomic E-state index is 13.7. The third-order valence-corrected chi connectivity index (χ3v) is 6.30. The van der Waals surface area contributed by atoms with E-state index in [1.54, 1.807) is 0 Å². The van der Waals surface area contributed by atoms with Gasteiger partial charge >= 0.3 is 0 Å². The van der Waals surface area contributed by atoms with Crippen molar-refractivity contribution in [3.05, 3.63) is 59.7 Å². The molecule has 0 radical (unpaired) electrons. The van der Waals surface area contributed by atoms with Crippen LogP contribution in [-0.2, 0) is 9.59 Å². The first-order valence-corrected chi connectivity index (χ1v) is 11.0. The number of carbonyl (C=O) groups excluding carboxylic acids is 3. The molecule has 10 heteroatoms. The number of thioether (sulfide) groups is 1. The van der Waals surface area contributed by atoms with Crippen LogP contribution in [-0.4, -0.2) is 46.1 Å². The number of anilines is 2. The van der Waals surface area contributed by atoms with Crippen LogP contribution in [0.5, 0.6) is 0 Å². The van der Waals surface area contributed by atoms with Gasteiger partial charge in [-0.15, -0.1) is 0 Å². The molecule has 32 heavy (non-hydrogen) atoms. The van der Waals surface area contributed by atoms with Crippen LogP contribution in [0.3, 0.4) is 0 Å². The van der Waals surface area contributed by atoms with Gasteiger partial charge in [0.2, 0.25) is 5.91 Å². The zero-order valence-corrected chi connectivity index (χ0v) is 17.8. The number of hydrogen-bond acceptors (Lipinski definition) is 5. The van der Waals surface area contributed by atoms with Crippen molar-refractivity contribution in [2.45, 2.75) is 24.5 Å². The average Bonchev–Trinajstić information content (AvgIpc) is 3.41. The Kier molecular flexibility index (Phi) is 6.50. The van der Waals surface area contributed by atoms with Gasteiger partial charge in [0.05, 0.1) is 5.69 Å². The quantitative estimate of drug-likeness (QED) is 0.714. The first kappa shape index (κ1) is 21.9. The van der Waals surface area contributed by atoms with E-state index in [2.05, 4.69) is 20.5 Å². The Morgan fingerprint density at radius 3 is 2.47 bits per heavy atom. The summed E-state index contributed by atoms with van der Waals surface area (Å²) in [6, 6.07) is 8.86. The Morgan fingerprint density at radius 1 is 1.06 bits per heavy atom. The molecule has 3 amide bonds. The van der Waals surface area contributed by atoms with Gasteiger partial charge in [0.1, 0.15) is 16.9 Å². The number of nitrogens with one attached hydrogen (secondary N) is 2. The number of carbonyl (C=O) groups is 3. The van der Waals surface area contributed by atoms with E-state index in [9.17, 15) is 23.2 Å². The standard InChI is InChI=1S/C22H20F2N4O3S/c23-14-5-8-17(16(24)11-14)26-20(30)13-3-6-15(7-4-13)25-19(29)12-18-21(31)27-22(32-18)28-9-1-2-10-28/h3-8,11,18H,1-2,9-10,12H2,(H,25,29)(H,26,30). The van der Waals surface area contributed by atoms with Crippen molar-refractivity contribution in [3.8, 4) is 0 Å². The molecule has 0 spiro atoms. The van der Waals surface area contributed by atoms with Crippen LogP contribution in [0.25, 0.3) is 0 Å². The lowest BCUT2D eigenvalue weighted by molar-refractivity contribution is -0.121. The summed E-state index contributed by atoms with van der Waals surface area (Å²) in [6.07, 6.45) is 2.15. The highest BCUT2D eigenvalue weighted by Crippen LogP contribution is 2.29. The van der Waals surface area contributed by atoms with E-state index in [-0.39, 0.29) is 29.5 Å². The summed E-state index contributed by atoms with van der Waals surface area (Å²) in [5.74, 6) is -2.82. The first-order chi connectivity index (χ1) is 15.4. The summed E-state index contributed by atoms with van der Waals surface area (Å²) >= 11 is 1.32. The molecule has 0 aliphatic carbocycles. The minimum atomic E-state index is -0.876. The maximum Gasteiger partial charge on any atom is 0.262 e. The molecule has 4 rings (SSSR count). The topological polar surface area (TPSA) is 90.9 Å². The summed E-state index contributed by atoms with van der Waals surface area (Å²) in [7, 11) is 0. The van der Waals surface area contributed by atoms with Crippen molar-refractivity contribution in [2.24, 2.45) is 4.99 Å². The molecule has 2 aliphatic heterocycles. The van der Waals surface area contributed by atoms with Crippen molar-refractivity contribution in [2.75, 3.05) is 23.7 Å². The van der Waals surface area contributed by atoms with Crippen molar-refractivity contribution in [1.29, 1.82) is 0 Å². The molecule has 7 nitrogen and oxygen atoms in total. The molecule has 1 unspecified atom stereocenters. The van der Waals surface area contributed by atoms with Gasteiger partial charge in [0, 0.05) is 36.8 Å². The van der Waals surface area contributed by atoms with Crippen molar-refractivity contribution in [3.63, 3.8) is 0 Å². The van der Waals surface area contributed by atoms with Gasteiger partial charge < -0.3 is 15.5 Å². The van der Waals surface area contributed by atoms with Crippen molar-refractivity contribution in [1.82, 2.24) is 4.90 Å². The Hall–Kier alpha value is -3.27. The lowest BCUT2D eigenvalue weighted by atomic mass is 10.1. The second-order valence-electron chi connectivity index (χ2n) is 7.44. The largest absolute Gasteiger partial charge is 0.351 e. The van der Waals surface area contributed by atoms with E-state index in [0.717, 1.165) is 38.1 Å². The number of benzene rings is 2. The summed E-state index contributed by atoms with van der Waals surface area (Å²) in [5.41, 5.74) is 0.551. The Balaban J connectivity index is 1.30. The average molecular weight is 458 g/mol. The lowest BCUT2D eigenvalue weighted by Crippen LogP contribution is -2.25. The van der Waals surface area contributed by atoms with Gasteiger partial charge in [-0.3, -0.25) is 14.4 Å². The third kappa shape index (κ3) is 5.13. The molecule has 166 valence electrons. The molecule has 2 aromatic rings. The highest BCUT2D eigenvalue weighted by molar-refractivity contribution is 8.15. The first-order valence-electron chi connectivity index (χ1n) is 10.1. The van der Waals surface area contributed by atoms with Crippen LogP contribution < -0.4 is 10.6 Å². The lowest BCUT2D eigenvalue weighted by Gasteiger charge is -2.16. The molecule has 1 atom stereocenters. The molecular weight excluding hydrogens is 438 g/mol. The highest BCUT2D eigenvalue weighted by Gasteiger charge is 2.33. The molecule has 0 bridgehead atoms. The van der Waals surface area contributed by atoms with E-state index in [4.69, 9.17) is 0 Å². The Morgan fingerprint density at radius 2 is 1.78 bits per heavy atom. The Bertz CT molecular complexity index is 1090. The van der Waals surface area contributed by atoms with E-state index in [1.807, 2.05) is 0 Å². The second kappa shape index (κ2) is 9.47. The fourth-order valence-corrected chi connectivity index (χ4v) is 4.54. The number of rotatable bonds is 5.